The van der Waals surface area contributed by atoms with E-state index in [1.807, 2.05) is 21.0 Å². The van der Waals surface area contributed by atoms with E-state index in [-0.39, 0.29) is 5.56 Å². The Bertz CT molecular complexity index is 1040. The second kappa shape index (κ2) is 13.8. The molecule has 0 fully saturated rings. The molecule has 4 nitrogen and oxygen atoms in total. The van der Waals surface area contributed by atoms with Crippen LogP contribution in [0.2, 0.25) is 0 Å². The van der Waals surface area contributed by atoms with Gasteiger partial charge in [0, 0.05) is 23.7 Å². The number of anilines is 1. The molecule has 0 saturated heterocycles. The van der Waals surface area contributed by atoms with Gasteiger partial charge in [-0.05, 0) is 81.4 Å². The van der Waals surface area contributed by atoms with Crippen LogP contribution in [0.25, 0.3) is 0 Å². The van der Waals surface area contributed by atoms with E-state index in [1.54, 1.807) is 18.2 Å². The number of carbonyl (C=O) groups is 1. The smallest absolute Gasteiger partial charge is 0.416 e. The Kier molecular flexibility index (Phi) is 11.5. The van der Waals surface area contributed by atoms with E-state index in [0.717, 1.165) is 61.0 Å². The van der Waals surface area contributed by atoms with E-state index in [9.17, 15) is 23.1 Å². The van der Waals surface area contributed by atoms with Crippen LogP contribution in [0.1, 0.15) is 73.5 Å². The third-order valence-electron chi connectivity index (χ3n) is 6.10. The highest BCUT2D eigenvalue weighted by Crippen LogP contribution is 2.39. The summed E-state index contributed by atoms with van der Waals surface area (Å²) in [5.41, 5.74) is 2.11. The van der Waals surface area contributed by atoms with Crippen molar-refractivity contribution in [3.05, 3.63) is 58.7 Å². The van der Waals surface area contributed by atoms with Crippen molar-refractivity contribution < 1.29 is 23.1 Å². The van der Waals surface area contributed by atoms with Crippen molar-refractivity contribution in [2.45, 2.75) is 70.4 Å². The minimum Gasteiger partial charge on any atom is -0.478 e. The number of alkyl halides is 3. The summed E-state index contributed by atoms with van der Waals surface area (Å²) >= 11 is 0. The van der Waals surface area contributed by atoms with Gasteiger partial charge >= 0.3 is 12.1 Å². The molecule has 0 aromatic heterocycles. The molecule has 0 amide bonds. The number of rotatable bonds is 13. The Morgan fingerprint density at radius 2 is 1.67 bits per heavy atom. The monoisotopic (exact) mass is 524 g/mol. The van der Waals surface area contributed by atoms with Gasteiger partial charge in [0.25, 0.3) is 0 Å². The molecule has 8 heteroatoms. The number of carboxylic acid groups (broad SMARTS) is 1. The molecular weight excluding hydrogens is 485 g/mol. The average molecular weight is 525 g/mol. The second-order valence-electron chi connectivity index (χ2n) is 9.03. The van der Waals surface area contributed by atoms with Crippen molar-refractivity contribution in [2.75, 3.05) is 32.1 Å². The zero-order chi connectivity index (χ0) is 26.9. The lowest BCUT2D eigenvalue weighted by Crippen LogP contribution is -2.27. The summed E-state index contributed by atoms with van der Waals surface area (Å²) in [6.45, 7) is 7.82. The van der Waals surface area contributed by atoms with E-state index >= 15 is 0 Å². The predicted molar refractivity (Wildman–Crippen MR) is 146 cm³/mol. The van der Waals surface area contributed by atoms with Crippen LogP contribution in [-0.4, -0.2) is 47.9 Å². The highest BCUT2D eigenvalue weighted by molar-refractivity contribution is 8.13. The summed E-state index contributed by atoms with van der Waals surface area (Å²) in [4.78, 5) is 15.3. The topological polar surface area (TPSA) is 43.8 Å². The van der Waals surface area contributed by atoms with Crippen molar-refractivity contribution in [3.63, 3.8) is 0 Å². The molecule has 1 atom stereocenters. The maximum Gasteiger partial charge on any atom is 0.416 e. The zero-order valence-corrected chi connectivity index (χ0v) is 22.8. The van der Waals surface area contributed by atoms with E-state index in [4.69, 9.17) is 0 Å². The lowest BCUT2D eigenvalue weighted by atomic mass is 9.98. The van der Waals surface area contributed by atoms with Crippen LogP contribution in [0.4, 0.5) is 18.9 Å². The molecule has 2 rings (SSSR count). The van der Waals surface area contributed by atoms with E-state index in [1.165, 1.54) is 12.1 Å². The number of nitrogens with zero attached hydrogens (tertiary/aromatic N) is 2. The molecule has 0 aliphatic heterocycles. The van der Waals surface area contributed by atoms with Crippen LogP contribution >= 0.6 is 10.7 Å². The van der Waals surface area contributed by atoms with Gasteiger partial charge in [-0.15, -0.1) is 0 Å². The summed E-state index contributed by atoms with van der Waals surface area (Å²) < 4.78 is 41.9. The number of halogens is 3. The van der Waals surface area contributed by atoms with Gasteiger partial charge in [0.15, 0.2) is 0 Å². The number of benzene rings is 2. The summed E-state index contributed by atoms with van der Waals surface area (Å²) in [6.07, 6.45) is 0.537. The summed E-state index contributed by atoms with van der Waals surface area (Å²) in [6, 6.07) is 8.99. The quantitative estimate of drug-likeness (QED) is 0.275. The third kappa shape index (κ3) is 8.10. The SMILES string of the molecule is C/C=S(/c1cc(C(=O)O)cc(N(CCCC)CCCC)c1CCc1cccc(C(F)(F)F)c1)N(C)C. The summed E-state index contributed by atoms with van der Waals surface area (Å²) in [7, 11) is 3.45. The molecule has 0 aliphatic rings. The second-order valence-corrected chi connectivity index (χ2v) is 11.3. The van der Waals surface area contributed by atoms with Crippen molar-refractivity contribution in [3.8, 4) is 0 Å². The molecule has 0 saturated carbocycles. The Hall–Kier alpha value is -2.32. The van der Waals surface area contributed by atoms with Crippen LogP contribution in [0.15, 0.2) is 41.3 Å². The Morgan fingerprint density at radius 3 is 2.17 bits per heavy atom. The highest BCUT2D eigenvalue weighted by atomic mass is 32.2. The lowest BCUT2D eigenvalue weighted by Gasteiger charge is -2.31. The van der Waals surface area contributed by atoms with Crippen LogP contribution in [0.3, 0.4) is 0 Å². The molecule has 0 radical (unpaired) electrons. The molecular formula is C28H39F3N2O2S. The van der Waals surface area contributed by atoms with Gasteiger partial charge in [0.2, 0.25) is 0 Å². The molecule has 0 bridgehead atoms. The van der Waals surface area contributed by atoms with Crippen LogP contribution in [-0.2, 0) is 19.0 Å². The first kappa shape index (κ1) is 29.9. The Balaban J connectivity index is 2.68. The molecule has 200 valence electrons. The number of hydrogen-bond acceptors (Lipinski definition) is 3. The van der Waals surface area contributed by atoms with Crippen molar-refractivity contribution in [1.29, 1.82) is 0 Å². The molecule has 1 N–H and O–H groups in total. The molecule has 36 heavy (non-hydrogen) atoms. The standard InChI is InChI=1S/C28H39F3N2O2S/c1-6-9-16-33(17-10-7-2)25-19-22(27(34)35)20-26(36(8-3)32(4)5)24(25)15-14-21-12-11-13-23(18-21)28(29,30)31/h8,11-13,18-20H,6-7,9-10,14-17H2,1-5H3,(H,34,35). The Labute approximate surface area is 216 Å². The van der Waals surface area contributed by atoms with Gasteiger partial charge in [-0.3, -0.25) is 4.31 Å². The first-order valence-corrected chi connectivity index (χ1v) is 13.8. The zero-order valence-electron chi connectivity index (χ0n) is 22.0. The van der Waals surface area contributed by atoms with Crippen LogP contribution in [0, 0.1) is 0 Å². The van der Waals surface area contributed by atoms with Crippen molar-refractivity contribution in [2.24, 2.45) is 0 Å². The van der Waals surface area contributed by atoms with E-state index < -0.39 is 28.4 Å². The van der Waals surface area contributed by atoms with Crippen molar-refractivity contribution >= 4 is 27.7 Å². The van der Waals surface area contributed by atoms with Gasteiger partial charge in [0.05, 0.1) is 11.1 Å². The highest BCUT2D eigenvalue weighted by Gasteiger charge is 2.30. The molecule has 2 aromatic rings. The number of unbranched alkanes of at least 4 members (excludes halogenated alkanes) is 2. The van der Waals surface area contributed by atoms with Gasteiger partial charge in [-0.25, -0.2) is 4.79 Å². The largest absolute Gasteiger partial charge is 0.478 e. The number of aromatic carboxylic acids is 1. The van der Waals surface area contributed by atoms with Crippen LogP contribution in [0.5, 0.6) is 0 Å². The third-order valence-corrected chi connectivity index (χ3v) is 8.14. The van der Waals surface area contributed by atoms with E-state index in [0.29, 0.717) is 18.4 Å². The first-order valence-electron chi connectivity index (χ1n) is 12.5. The average Bonchev–Trinajstić information content (AvgIpc) is 2.82. The first-order chi connectivity index (χ1) is 17.0. The fourth-order valence-electron chi connectivity index (χ4n) is 4.23. The summed E-state index contributed by atoms with van der Waals surface area (Å²) in [5, 5.41) is 12.0. The maximum absolute atomic E-state index is 13.3. The Morgan fingerprint density at radius 1 is 1.03 bits per heavy atom. The minimum atomic E-state index is -4.39. The number of aryl methyl sites for hydroxylation is 1. The number of hydrogen-bond donors (Lipinski definition) is 1. The fraction of sp³-hybridized carbons (Fsp3) is 0.500. The van der Waals surface area contributed by atoms with Gasteiger partial charge < -0.3 is 10.0 Å². The fourth-order valence-corrected chi connectivity index (χ4v) is 6.01. The molecule has 0 spiro atoms. The summed E-state index contributed by atoms with van der Waals surface area (Å²) in [5.74, 6) is -0.980. The molecule has 0 aliphatic carbocycles. The van der Waals surface area contributed by atoms with Crippen LogP contribution < -0.4 is 4.90 Å². The molecule has 1 unspecified atom stereocenters. The van der Waals surface area contributed by atoms with Gasteiger partial charge in [-0.2, -0.15) is 13.2 Å². The van der Waals surface area contributed by atoms with Gasteiger partial charge in [-0.1, -0.05) is 55.6 Å². The minimum absolute atomic E-state index is 0.238. The molecule has 0 heterocycles. The lowest BCUT2D eigenvalue weighted by molar-refractivity contribution is -0.137. The van der Waals surface area contributed by atoms with Gasteiger partial charge in [0.1, 0.15) is 0 Å². The number of carboxylic acids is 1. The predicted octanol–water partition coefficient (Wildman–Crippen LogP) is 7.52. The maximum atomic E-state index is 13.3. The van der Waals surface area contributed by atoms with E-state index in [2.05, 4.69) is 28.4 Å². The molecule has 2 aromatic carbocycles. The normalized spacial score (nSPS) is 12.8. The van der Waals surface area contributed by atoms with Crippen molar-refractivity contribution in [1.82, 2.24) is 4.31 Å².